The van der Waals surface area contributed by atoms with Gasteiger partial charge in [0.15, 0.2) is 0 Å². The van der Waals surface area contributed by atoms with E-state index < -0.39 is 5.97 Å². The molecule has 0 bridgehead atoms. The number of thiazole rings is 1. The number of thiophene rings is 1. The molecule has 0 atom stereocenters. The molecule has 2 aromatic carbocycles. The summed E-state index contributed by atoms with van der Waals surface area (Å²) in [5, 5.41) is 18.9. The maximum Gasteiger partial charge on any atom is 0.335 e. The number of aromatic nitrogens is 2. The number of carboxylic acid groups (broad SMARTS) is 1. The highest BCUT2D eigenvalue weighted by atomic mass is 32.1. The lowest BCUT2D eigenvalue weighted by Gasteiger charge is -2.31. The lowest BCUT2D eigenvalue weighted by atomic mass is 9.96. The highest BCUT2D eigenvalue weighted by Crippen LogP contribution is 2.39. The molecule has 0 spiro atoms. The normalized spacial score (nSPS) is 14.0. The summed E-state index contributed by atoms with van der Waals surface area (Å²) in [4.78, 5) is 32.3. The standard InChI is InChI=1S/C31H27N3O4S2/c1-19-28(29(33-38-19)23-7-2-5-21(15-23)22-6-3-8-24(16-22)31(36)37)26-18-40-30(32-26)20-10-12-34(13-11-20)27(35)17-25-9-4-14-39-25/h2-9,14-16,18,20H,10-13,17H2,1H3,(H,36,37). The first kappa shape index (κ1) is 26.2. The van der Waals surface area contributed by atoms with Gasteiger partial charge in [0.1, 0.15) is 11.5 Å². The van der Waals surface area contributed by atoms with Crippen molar-refractivity contribution in [2.75, 3.05) is 13.1 Å². The topological polar surface area (TPSA) is 96.5 Å². The second kappa shape index (κ2) is 11.2. The van der Waals surface area contributed by atoms with Gasteiger partial charge in [-0.1, -0.05) is 41.6 Å². The van der Waals surface area contributed by atoms with Crippen molar-refractivity contribution in [3.05, 3.63) is 92.6 Å². The van der Waals surface area contributed by atoms with Gasteiger partial charge in [-0.2, -0.15) is 0 Å². The van der Waals surface area contributed by atoms with Gasteiger partial charge in [-0.15, -0.1) is 22.7 Å². The lowest BCUT2D eigenvalue weighted by molar-refractivity contribution is -0.131. The summed E-state index contributed by atoms with van der Waals surface area (Å²) in [5.41, 5.74) is 5.24. The minimum absolute atomic E-state index is 0.197. The Bertz CT molecular complexity index is 1660. The molecule has 6 rings (SSSR count). The van der Waals surface area contributed by atoms with Crippen LogP contribution in [0, 0.1) is 6.92 Å². The van der Waals surface area contributed by atoms with E-state index in [-0.39, 0.29) is 11.5 Å². The smallest absolute Gasteiger partial charge is 0.335 e. The molecule has 40 heavy (non-hydrogen) atoms. The number of carboxylic acids is 1. The van der Waals surface area contributed by atoms with Gasteiger partial charge >= 0.3 is 5.97 Å². The van der Waals surface area contributed by atoms with Crippen molar-refractivity contribution in [1.29, 1.82) is 0 Å². The lowest BCUT2D eigenvalue weighted by Crippen LogP contribution is -2.38. The van der Waals surface area contributed by atoms with E-state index in [1.54, 1.807) is 40.9 Å². The molecule has 1 aliphatic rings. The molecule has 1 saturated heterocycles. The summed E-state index contributed by atoms with van der Waals surface area (Å²) in [7, 11) is 0. The number of aromatic carboxylic acids is 1. The number of benzene rings is 2. The Labute approximate surface area is 239 Å². The summed E-state index contributed by atoms with van der Waals surface area (Å²) in [5.74, 6) is 0.252. The Morgan fingerprint density at radius 3 is 2.50 bits per heavy atom. The highest BCUT2D eigenvalue weighted by molar-refractivity contribution is 7.10. The fourth-order valence-corrected chi connectivity index (χ4v) is 6.87. The zero-order valence-electron chi connectivity index (χ0n) is 21.9. The monoisotopic (exact) mass is 569 g/mol. The van der Waals surface area contributed by atoms with Crippen molar-refractivity contribution in [2.24, 2.45) is 0 Å². The molecule has 0 saturated carbocycles. The number of rotatable bonds is 7. The molecular formula is C31H27N3O4S2. The Morgan fingerprint density at radius 2 is 1.75 bits per heavy atom. The van der Waals surface area contributed by atoms with Crippen LogP contribution in [-0.2, 0) is 11.2 Å². The van der Waals surface area contributed by atoms with E-state index in [9.17, 15) is 14.7 Å². The molecule has 0 unspecified atom stereocenters. The molecule has 1 amide bonds. The summed E-state index contributed by atoms with van der Waals surface area (Å²) in [6.45, 7) is 3.39. The largest absolute Gasteiger partial charge is 0.478 e. The van der Waals surface area contributed by atoms with Crippen molar-refractivity contribution in [2.45, 2.75) is 32.1 Å². The molecule has 0 aliphatic carbocycles. The van der Waals surface area contributed by atoms with E-state index in [1.165, 1.54) is 0 Å². The van der Waals surface area contributed by atoms with Gasteiger partial charge in [0.25, 0.3) is 0 Å². The van der Waals surface area contributed by atoms with Gasteiger partial charge in [-0.25, -0.2) is 9.78 Å². The van der Waals surface area contributed by atoms with E-state index in [2.05, 4.69) is 10.5 Å². The highest BCUT2D eigenvalue weighted by Gasteiger charge is 2.27. The first-order valence-corrected chi connectivity index (χ1v) is 14.9. The average Bonchev–Trinajstić information content (AvgIpc) is 3.75. The Morgan fingerprint density at radius 1 is 1.00 bits per heavy atom. The Kier molecular flexibility index (Phi) is 7.32. The molecule has 1 fully saturated rings. The van der Waals surface area contributed by atoms with Gasteiger partial charge in [-0.3, -0.25) is 4.79 Å². The second-order valence-electron chi connectivity index (χ2n) is 9.91. The molecule has 0 radical (unpaired) electrons. The zero-order valence-corrected chi connectivity index (χ0v) is 23.5. The third kappa shape index (κ3) is 5.35. The predicted octanol–water partition coefficient (Wildman–Crippen LogP) is 7.15. The van der Waals surface area contributed by atoms with Crippen molar-refractivity contribution in [3.8, 4) is 33.6 Å². The van der Waals surface area contributed by atoms with Gasteiger partial charge in [0.05, 0.1) is 28.2 Å². The number of likely N-dealkylation sites (tertiary alicyclic amines) is 1. The summed E-state index contributed by atoms with van der Waals surface area (Å²) in [6.07, 6.45) is 2.28. The van der Waals surface area contributed by atoms with E-state index in [0.717, 1.165) is 63.8 Å². The van der Waals surface area contributed by atoms with Crippen LogP contribution in [0.15, 0.2) is 75.9 Å². The van der Waals surface area contributed by atoms with Gasteiger partial charge in [0.2, 0.25) is 5.91 Å². The van der Waals surface area contributed by atoms with Crippen molar-refractivity contribution >= 4 is 34.6 Å². The van der Waals surface area contributed by atoms with Crippen LogP contribution in [0.4, 0.5) is 0 Å². The predicted molar refractivity (Wildman–Crippen MR) is 157 cm³/mol. The Balaban J connectivity index is 1.20. The third-order valence-electron chi connectivity index (χ3n) is 7.32. The minimum atomic E-state index is -0.956. The zero-order chi connectivity index (χ0) is 27.6. The van der Waals surface area contributed by atoms with Gasteiger partial charge in [-0.05, 0) is 60.5 Å². The van der Waals surface area contributed by atoms with Crippen LogP contribution in [-0.4, -0.2) is 45.1 Å². The Hall–Kier alpha value is -4.08. The van der Waals surface area contributed by atoms with Crippen molar-refractivity contribution in [3.63, 3.8) is 0 Å². The minimum Gasteiger partial charge on any atom is -0.478 e. The summed E-state index contributed by atoms with van der Waals surface area (Å²) < 4.78 is 5.63. The number of aryl methyl sites for hydroxylation is 1. The number of nitrogens with zero attached hydrogens (tertiary/aromatic N) is 3. The second-order valence-corrected chi connectivity index (χ2v) is 11.8. The molecule has 5 aromatic rings. The van der Waals surface area contributed by atoms with E-state index in [0.29, 0.717) is 23.8 Å². The van der Waals surface area contributed by atoms with Crippen LogP contribution >= 0.6 is 22.7 Å². The molecule has 202 valence electrons. The third-order valence-corrected chi connectivity index (χ3v) is 9.21. The molecule has 3 aromatic heterocycles. The molecule has 4 heterocycles. The van der Waals surface area contributed by atoms with Crippen molar-refractivity contribution in [1.82, 2.24) is 15.0 Å². The summed E-state index contributed by atoms with van der Waals surface area (Å²) >= 11 is 3.27. The maximum absolute atomic E-state index is 12.7. The first-order valence-electron chi connectivity index (χ1n) is 13.1. The number of piperidine rings is 1. The van der Waals surface area contributed by atoms with Gasteiger partial charge < -0.3 is 14.5 Å². The molecule has 9 heteroatoms. The van der Waals surface area contributed by atoms with Crippen LogP contribution < -0.4 is 0 Å². The summed E-state index contributed by atoms with van der Waals surface area (Å²) in [6, 6.07) is 18.8. The maximum atomic E-state index is 12.7. The van der Waals surface area contributed by atoms with Crippen LogP contribution in [0.2, 0.25) is 0 Å². The first-order chi connectivity index (χ1) is 19.5. The number of amides is 1. The molecule has 7 nitrogen and oxygen atoms in total. The van der Waals surface area contributed by atoms with Crippen LogP contribution in [0.25, 0.3) is 33.6 Å². The van der Waals surface area contributed by atoms with Gasteiger partial charge in [0, 0.05) is 34.8 Å². The van der Waals surface area contributed by atoms with Crippen LogP contribution in [0.3, 0.4) is 0 Å². The molecule has 1 aliphatic heterocycles. The van der Waals surface area contributed by atoms with Crippen LogP contribution in [0.5, 0.6) is 0 Å². The van der Waals surface area contributed by atoms with E-state index in [4.69, 9.17) is 9.51 Å². The molecular weight excluding hydrogens is 542 g/mol. The SMILES string of the molecule is Cc1onc(-c2cccc(-c3cccc(C(=O)O)c3)c2)c1-c1csc(C2CCN(C(=O)Cc3cccs3)CC2)n1. The number of carbonyl (C=O) groups excluding carboxylic acids is 1. The fraction of sp³-hybridized carbons (Fsp3) is 0.226. The fourth-order valence-electron chi connectivity index (χ4n) is 5.19. The number of hydrogen-bond acceptors (Lipinski definition) is 7. The van der Waals surface area contributed by atoms with E-state index >= 15 is 0 Å². The van der Waals surface area contributed by atoms with E-state index in [1.807, 2.05) is 59.7 Å². The van der Waals surface area contributed by atoms with Crippen LogP contribution in [0.1, 0.15) is 44.8 Å². The van der Waals surface area contributed by atoms with Crippen molar-refractivity contribution < 1.29 is 19.2 Å². The number of carbonyl (C=O) groups is 2. The molecule has 1 N–H and O–H groups in total. The quantitative estimate of drug-likeness (QED) is 0.224. The average molecular weight is 570 g/mol. The number of hydrogen-bond donors (Lipinski definition) is 1.